The summed E-state index contributed by atoms with van der Waals surface area (Å²) >= 11 is 0. The third-order valence-corrected chi connectivity index (χ3v) is 4.33. The topological polar surface area (TPSA) is 21.3 Å². The van der Waals surface area contributed by atoms with Gasteiger partial charge < -0.3 is 10.1 Å². The number of hydrogen-bond acceptors (Lipinski definition) is 2. The monoisotopic (exact) mass is 279 g/mol. The number of hydrogen-bond donors (Lipinski definition) is 1. The molecule has 3 heteroatoms. The van der Waals surface area contributed by atoms with Crippen molar-refractivity contribution in [3.05, 3.63) is 29.6 Å². The molecule has 1 aromatic carbocycles. The maximum atomic E-state index is 13.6. The molecule has 20 heavy (non-hydrogen) atoms. The summed E-state index contributed by atoms with van der Waals surface area (Å²) in [5.41, 5.74) is 1.05. The normalized spacial score (nSPS) is 22.8. The van der Waals surface area contributed by atoms with Crippen molar-refractivity contribution in [2.75, 3.05) is 20.2 Å². The zero-order valence-corrected chi connectivity index (χ0v) is 12.6. The molecule has 0 aliphatic heterocycles. The van der Waals surface area contributed by atoms with Crippen LogP contribution in [0.5, 0.6) is 5.75 Å². The van der Waals surface area contributed by atoms with Crippen LogP contribution >= 0.6 is 0 Å². The zero-order chi connectivity index (χ0) is 14.4. The maximum Gasteiger partial charge on any atom is 0.123 e. The van der Waals surface area contributed by atoms with E-state index in [9.17, 15) is 4.39 Å². The van der Waals surface area contributed by atoms with Crippen molar-refractivity contribution in [3.8, 4) is 5.75 Å². The van der Waals surface area contributed by atoms with Gasteiger partial charge in [0.05, 0.1) is 7.11 Å². The summed E-state index contributed by atoms with van der Waals surface area (Å²) in [6, 6.07) is 4.91. The third-order valence-electron chi connectivity index (χ3n) is 4.33. The van der Waals surface area contributed by atoms with Crippen LogP contribution in [0.25, 0.3) is 0 Å². The molecular formula is C17H26FNO. The lowest BCUT2D eigenvalue weighted by molar-refractivity contribution is 0.287. The van der Waals surface area contributed by atoms with Gasteiger partial charge in [-0.3, -0.25) is 0 Å². The molecule has 0 bridgehead atoms. The van der Waals surface area contributed by atoms with Crippen molar-refractivity contribution in [2.24, 2.45) is 5.92 Å². The summed E-state index contributed by atoms with van der Waals surface area (Å²) in [6.07, 6.45) is 6.03. The fraction of sp³-hybridized carbons (Fsp3) is 0.647. The van der Waals surface area contributed by atoms with E-state index in [0.29, 0.717) is 11.8 Å². The number of halogens is 1. The van der Waals surface area contributed by atoms with Crippen molar-refractivity contribution >= 4 is 0 Å². The minimum absolute atomic E-state index is 0.161. The summed E-state index contributed by atoms with van der Waals surface area (Å²) < 4.78 is 19.0. The third kappa shape index (κ3) is 3.72. The van der Waals surface area contributed by atoms with Crippen LogP contribution in [0.4, 0.5) is 4.39 Å². The number of methoxy groups -OCH3 is 1. The van der Waals surface area contributed by atoms with Crippen molar-refractivity contribution < 1.29 is 9.13 Å². The first kappa shape index (κ1) is 15.3. The highest BCUT2D eigenvalue weighted by Crippen LogP contribution is 2.41. The molecule has 112 valence electrons. The fourth-order valence-corrected chi connectivity index (χ4v) is 3.32. The quantitative estimate of drug-likeness (QED) is 0.791. The fourth-order valence-electron chi connectivity index (χ4n) is 3.32. The minimum Gasteiger partial charge on any atom is -0.496 e. The lowest BCUT2D eigenvalue weighted by Gasteiger charge is -2.33. The van der Waals surface area contributed by atoms with Gasteiger partial charge in [-0.25, -0.2) is 4.39 Å². The number of benzene rings is 1. The van der Waals surface area contributed by atoms with E-state index in [1.54, 1.807) is 19.2 Å². The van der Waals surface area contributed by atoms with Crippen LogP contribution < -0.4 is 10.1 Å². The molecule has 1 saturated carbocycles. The molecule has 0 saturated heterocycles. The Bertz CT molecular complexity index is 421. The number of ether oxygens (including phenoxy) is 1. The Morgan fingerprint density at radius 1 is 1.30 bits per heavy atom. The Morgan fingerprint density at radius 2 is 2.10 bits per heavy atom. The van der Waals surface area contributed by atoms with Gasteiger partial charge >= 0.3 is 0 Å². The smallest absolute Gasteiger partial charge is 0.123 e. The van der Waals surface area contributed by atoms with Crippen LogP contribution in [0.15, 0.2) is 18.2 Å². The molecular weight excluding hydrogens is 253 g/mol. The summed E-state index contributed by atoms with van der Waals surface area (Å²) in [5, 5.41) is 3.52. The Morgan fingerprint density at radius 3 is 2.85 bits per heavy atom. The highest BCUT2D eigenvalue weighted by molar-refractivity contribution is 5.37. The van der Waals surface area contributed by atoms with Crippen molar-refractivity contribution in [1.29, 1.82) is 0 Å². The molecule has 0 aromatic heterocycles. The molecule has 0 spiro atoms. The van der Waals surface area contributed by atoms with Crippen molar-refractivity contribution in [3.63, 3.8) is 0 Å². The van der Waals surface area contributed by atoms with Crippen LogP contribution in [0.3, 0.4) is 0 Å². The van der Waals surface area contributed by atoms with E-state index >= 15 is 0 Å². The summed E-state index contributed by atoms with van der Waals surface area (Å²) in [6.45, 7) is 4.27. The summed E-state index contributed by atoms with van der Waals surface area (Å²) in [7, 11) is 1.67. The molecule has 1 aliphatic carbocycles. The average Bonchev–Trinajstić information content (AvgIpc) is 2.48. The Balaban J connectivity index is 2.16. The second-order valence-corrected chi connectivity index (χ2v) is 5.74. The predicted molar refractivity (Wildman–Crippen MR) is 80.8 cm³/mol. The molecule has 1 aliphatic rings. The van der Waals surface area contributed by atoms with Crippen LogP contribution in [0.2, 0.25) is 0 Å². The number of rotatable bonds is 6. The average molecular weight is 279 g/mol. The molecule has 1 aromatic rings. The van der Waals surface area contributed by atoms with Gasteiger partial charge in [-0.1, -0.05) is 19.8 Å². The van der Waals surface area contributed by atoms with E-state index < -0.39 is 0 Å². The van der Waals surface area contributed by atoms with E-state index in [4.69, 9.17) is 4.74 Å². The molecule has 0 amide bonds. The maximum absolute atomic E-state index is 13.6. The van der Waals surface area contributed by atoms with E-state index in [1.807, 2.05) is 0 Å². The van der Waals surface area contributed by atoms with Crippen LogP contribution in [0, 0.1) is 11.7 Å². The van der Waals surface area contributed by atoms with Gasteiger partial charge in [0, 0.05) is 5.56 Å². The Kier molecular flexibility index (Phi) is 5.84. The summed E-state index contributed by atoms with van der Waals surface area (Å²) in [4.78, 5) is 0. The zero-order valence-electron chi connectivity index (χ0n) is 12.6. The lowest BCUT2D eigenvalue weighted by atomic mass is 9.75. The molecule has 2 nitrogen and oxygen atoms in total. The first-order valence-electron chi connectivity index (χ1n) is 7.80. The van der Waals surface area contributed by atoms with Gasteiger partial charge in [0.2, 0.25) is 0 Å². The van der Waals surface area contributed by atoms with Gasteiger partial charge in [-0.2, -0.15) is 0 Å². The standard InChI is InChI=1S/C17H26FNO/c1-3-10-19-12-13-6-4-5-7-15(13)16-11-14(18)8-9-17(16)20-2/h8-9,11,13,15,19H,3-7,10,12H2,1-2H3. The van der Waals surface area contributed by atoms with E-state index in [-0.39, 0.29) is 5.82 Å². The molecule has 0 radical (unpaired) electrons. The molecule has 1 N–H and O–H groups in total. The van der Waals surface area contributed by atoms with E-state index in [2.05, 4.69) is 12.2 Å². The summed E-state index contributed by atoms with van der Waals surface area (Å²) in [5.74, 6) is 1.68. The van der Waals surface area contributed by atoms with Gasteiger partial charge in [-0.15, -0.1) is 0 Å². The van der Waals surface area contributed by atoms with Crippen LogP contribution in [-0.4, -0.2) is 20.2 Å². The van der Waals surface area contributed by atoms with Gasteiger partial charge in [-0.05, 0) is 62.4 Å². The lowest BCUT2D eigenvalue weighted by Crippen LogP contribution is -2.30. The van der Waals surface area contributed by atoms with Crippen LogP contribution in [0.1, 0.15) is 50.5 Å². The molecule has 1 fully saturated rings. The Labute approximate surface area is 121 Å². The van der Waals surface area contributed by atoms with Crippen LogP contribution in [-0.2, 0) is 0 Å². The highest BCUT2D eigenvalue weighted by atomic mass is 19.1. The van der Waals surface area contributed by atoms with Gasteiger partial charge in [0.1, 0.15) is 11.6 Å². The van der Waals surface area contributed by atoms with Crippen molar-refractivity contribution in [1.82, 2.24) is 5.32 Å². The number of nitrogens with one attached hydrogen (secondary N) is 1. The SMILES string of the molecule is CCCNCC1CCCCC1c1cc(F)ccc1OC. The second kappa shape index (κ2) is 7.63. The minimum atomic E-state index is -0.161. The molecule has 2 atom stereocenters. The van der Waals surface area contributed by atoms with E-state index in [1.165, 1.54) is 25.3 Å². The molecule has 2 rings (SSSR count). The van der Waals surface area contributed by atoms with Gasteiger partial charge in [0.25, 0.3) is 0 Å². The molecule has 2 unspecified atom stereocenters. The largest absolute Gasteiger partial charge is 0.496 e. The van der Waals surface area contributed by atoms with Gasteiger partial charge in [0.15, 0.2) is 0 Å². The first-order chi connectivity index (χ1) is 9.76. The molecule has 0 heterocycles. The second-order valence-electron chi connectivity index (χ2n) is 5.74. The Hall–Kier alpha value is -1.09. The highest BCUT2D eigenvalue weighted by Gasteiger charge is 2.28. The van der Waals surface area contributed by atoms with E-state index in [0.717, 1.165) is 37.2 Å². The first-order valence-corrected chi connectivity index (χ1v) is 7.80. The van der Waals surface area contributed by atoms with Crippen molar-refractivity contribution in [2.45, 2.75) is 44.9 Å². The predicted octanol–water partition coefficient (Wildman–Crippen LogP) is 4.11.